The van der Waals surface area contributed by atoms with E-state index in [1.807, 2.05) is 52.0 Å². The van der Waals surface area contributed by atoms with Crippen LogP contribution >= 0.6 is 0 Å². The molecule has 0 spiro atoms. The molecule has 4 nitrogen and oxygen atoms in total. The minimum absolute atomic E-state index is 0.0277. The van der Waals surface area contributed by atoms with E-state index in [0.29, 0.717) is 12.5 Å². The number of benzene rings is 1. The lowest BCUT2D eigenvalue weighted by Gasteiger charge is -2.29. The van der Waals surface area contributed by atoms with E-state index in [0.717, 1.165) is 11.3 Å². The number of hydrogen-bond donors (Lipinski definition) is 2. The van der Waals surface area contributed by atoms with E-state index in [2.05, 4.69) is 19.2 Å². The van der Waals surface area contributed by atoms with Crippen LogP contribution in [0.5, 0.6) is 5.75 Å². The lowest BCUT2D eigenvalue weighted by molar-refractivity contribution is -0.126. The summed E-state index contributed by atoms with van der Waals surface area (Å²) in [6.07, 6.45) is 0. The number of nitrogens with one attached hydrogen (secondary N) is 1. The largest absolute Gasteiger partial charge is 0.493 e. The van der Waals surface area contributed by atoms with Crippen LogP contribution in [0.1, 0.15) is 47.1 Å². The maximum absolute atomic E-state index is 12.2. The van der Waals surface area contributed by atoms with Crippen LogP contribution in [0.15, 0.2) is 24.3 Å². The molecule has 0 radical (unpaired) electrons. The molecule has 0 fully saturated rings. The average Bonchev–Trinajstić information content (AvgIpc) is 2.44. The third-order valence-corrected chi connectivity index (χ3v) is 3.80. The van der Waals surface area contributed by atoms with E-state index in [4.69, 9.17) is 10.5 Å². The molecule has 1 aromatic rings. The summed E-state index contributed by atoms with van der Waals surface area (Å²) in [5, 5.41) is 3.06. The summed E-state index contributed by atoms with van der Waals surface area (Å²) in [4.78, 5) is 12.2. The first-order valence-electron chi connectivity index (χ1n) is 7.94. The van der Waals surface area contributed by atoms with Crippen molar-refractivity contribution in [3.05, 3.63) is 29.8 Å². The zero-order chi connectivity index (χ0) is 16.9. The lowest BCUT2D eigenvalue weighted by Crippen LogP contribution is -2.47. The van der Waals surface area contributed by atoms with Gasteiger partial charge in [-0.3, -0.25) is 4.79 Å². The van der Waals surface area contributed by atoms with E-state index >= 15 is 0 Å². The summed E-state index contributed by atoms with van der Waals surface area (Å²) in [6.45, 7) is 12.6. The molecule has 0 heterocycles. The molecule has 0 saturated carbocycles. The van der Waals surface area contributed by atoms with Crippen molar-refractivity contribution < 1.29 is 9.53 Å². The molecule has 0 aromatic heterocycles. The third kappa shape index (κ3) is 5.34. The molecule has 2 unspecified atom stereocenters. The van der Waals surface area contributed by atoms with Crippen molar-refractivity contribution in [2.24, 2.45) is 17.6 Å². The van der Waals surface area contributed by atoms with E-state index in [-0.39, 0.29) is 17.9 Å². The van der Waals surface area contributed by atoms with Gasteiger partial charge in [-0.2, -0.15) is 0 Å². The maximum atomic E-state index is 12.2. The summed E-state index contributed by atoms with van der Waals surface area (Å²) in [6, 6.07) is 7.71. The van der Waals surface area contributed by atoms with Crippen LogP contribution in [-0.2, 0) is 10.3 Å². The Balaban J connectivity index is 2.74. The summed E-state index contributed by atoms with van der Waals surface area (Å²) in [5.41, 5.74) is 6.38. The first-order valence-corrected chi connectivity index (χ1v) is 7.94. The normalized spacial score (nSPS) is 14.5. The highest BCUT2D eigenvalue weighted by Gasteiger charge is 2.26. The Kier molecular flexibility index (Phi) is 6.42. The fourth-order valence-corrected chi connectivity index (χ4v) is 1.96. The number of amides is 1. The van der Waals surface area contributed by atoms with Crippen LogP contribution in [0.3, 0.4) is 0 Å². The van der Waals surface area contributed by atoms with Crippen LogP contribution in [0.4, 0.5) is 0 Å². The highest BCUT2D eigenvalue weighted by molar-refractivity contribution is 5.79. The summed E-state index contributed by atoms with van der Waals surface area (Å²) < 4.78 is 5.68. The summed E-state index contributed by atoms with van der Waals surface area (Å²) >= 11 is 0. The van der Waals surface area contributed by atoms with Crippen LogP contribution in [-0.4, -0.2) is 18.6 Å². The topological polar surface area (TPSA) is 64.3 Å². The zero-order valence-electron chi connectivity index (χ0n) is 14.6. The van der Waals surface area contributed by atoms with Gasteiger partial charge in [0.05, 0.1) is 12.1 Å². The molecule has 3 N–H and O–H groups in total. The van der Waals surface area contributed by atoms with Crippen molar-refractivity contribution in [2.75, 3.05) is 6.61 Å². The van der Waals surface area contributed by atoms with Crippen molar-refractivity contribution in [3.63, 3.8) is 0 Å². The second-order valence-corrected chi connectivity index (χ2v) is 6.99. The van der Waals surface area contributed by atoms with Crippen molar-refractivity contribution in [1.29, 1.82) is 0 Å². The van der Waals surface area contributed by atoms with Gasteiger partial charge < -0.3 is 15.8 Å². The molecule has 0 aliphatic rings. The van der Waals surface area contributed by atoms with Gasteiger partial charge in [0.15, 0.2) is 0 Å². The Morgan fingerprint density at radius 3 is 2.18 bits per heavy atom. The average molecular weight is 306 g/mol. The Bertz CT molecular complexity index is 478. The van der Waals surface area contributed by atoms with Gasteiger partial charge in [0.1, 0.15) is 5.75 Å². The van der Waals surface area contributed by atoms with Crippen LogP contribution in [0.2, 0.25) is 0 Å². The molecule has 1 aromatic carbocycles. The SMILES string of the molecule is CC(C)COc1ccc(C(C)(C)NC(=O)C(C)C(C)N)cc1. The molecule has 0 aliphatic carbocycles. The molecule has 124 valence electrons. The highest BCUT2D eigenvalue weighted by Crippen LogP contribution is 2.23. The van der Waals surface area contributed by atoms with Crippen LogP contribution in [0, 0.1) is 11.8 Å². The molecule has 1 amide bonds. The summed E-state index contributed by atoms with van der Waals surface area (Å²) in [5.74, 6) is 1.10. The number of rotatable bonds is 7. The quantitative estimate of drug-likeness (QED) is 0.813. The van der Waals surface area contributed by atoms with Gasteiger partial charge in [-0.05, 0) is 44.4 Å². The van der Waals surface area contributed by atoms with Gasteiger partial charge in [0.25, 0.3) is 0 Å². The van der Waals surface area contributed by atoms with E-state index in [9.17, 15) is 4.79 Å². The van der Waals surface area contributed by atoms with Gasteiger partial charge in [0.2, 0.25) is 5.91 Å². The monoisotopic (exact) mass is 306 g/mol. The molecule has 4 heteroatoms. The van der Waals surface area contributed by atoms with Gasteiger partial charge in [0, 0.05) is 12.0 Å². The Hall–Kier alpha value is -1.55. The maximum Gasteiger partial charge on any atom is 0.225 e. The second kappa shape index (κ2) is 7.63. The molecule has 1 rings (SSSR count). The van der Waals surface area contributed by atoms with Crippen LogP contribution in [0.25, 0.3) is 0 Å². The van der Waals surface area contributed by atoms with Crippen molar-refractivity contribution in [3.8, 4) is 5.75 Å². The molecule has 0 bridgehead atoms. The molecule has 0 aliphatic heterocycles. The van der Waals surface area contributed by atoms with Gasteiger partial charge in [-0.25, -0.2) is 0 Å². The Morgan fingerprint density at radius 2 is 1.73 bits per heavy atom. The first-order chi connectivity index (χ1) is 10.1. The van der Waals surface area contributed by atoms with Gasteiger partial charge >= 0.3 is 0 Å². The first kappa shape index (κ1) is 18.5. The predicted molar refractivity (Wildman–Crippen MR) is 90.8 cm³/mol. The van der Waals surface area contributed by atoms with E-state index < -0.39 is 5.54 Å². The zero-order valence-corrected chi connectivity index (χ0v) is 14.6. The van der Waals surface area contributed by atoms with Crippen molar-refractivity contribution in [2.45, 2.75) is 53.1 Å². The molecular weight excluding hydrogens is 276 g/mol. The fraction of sp³-hybridized carbons (Fsp3) is 0.611. The van der Waals surface area contributed by atoms with Gasteiger partial charge in [-0.1, -0.05) is 32.9 Å². The third-order valence-electron chi connectivity index (χ3n) is 3.80. The van der Waals surface area contributed by atoms with Gasteiger partial charge in [-0.15, -0.1) is 0 Å². The predicted octanol–water partition coefficient (Wildman–Crippen LogP) is 3.06. The number of carbonyl (C=O) groups excluding carboxylic acids is 1. The van der Waals surface area contributed by atoms with Crippen molar-refractivity contribution in [1.82, 2.24) is 5.32 Å². The molecule has 2 atom stereocenters. The highest BCUT2D eigenvalue weighted by atomic mass is 16.5. The van der Waals surface area contributed by atoms with E-state index in [1.165, 1.54) is 0 Å². The number of nitrogens with two attached hydrogens (primary N) is 1. The Labute approximate surface area is 134 Å². The number of ether oxygens (including phenoxy) is 1. The van der Waals surface area contributed by atoms with E-state index in [1.54, 1.807) is 0 Å². The minimum atomic E-state index is -0.448. The van der Waals surface area contributed by atoms with Crippen LogP contribution < -0.4 is 15.8 Å². The molecule has 0 saturated heterocycles. The van der Waals surface area contributed by atoms with Crippen molar-refractivity contribution >= 4 is 5.91 Å². The smallest absolute Gasteiger partial charge is 0.225 e. The number of hydrogen-bond acceptors (Lipinski definition) is 3. The fourth-order valence-electron chi connectivity index (χ4n) is 1.96. The molecule has 22 heavy (non-hydrogen) atoms. The minimum Gasteiger partial charge on any atom is -0.493 e. The number of carbonyl (C=O) groups is 1. The lowest BCUT2D eigenvalue weighted by atomic mass is 9.92. The molecular formula is C18H30N2O2. The Morgan fingerprint density at radius 1 is 1.18 bits per heavy atom. The summed E-state index contributed by atoms with van der Waals surface area (Å²) in [7, 11) is 0. The second-order valence-electron chi connectivity index (χ2n) is 6.99. The standard InChI is InChI=1S/C18H30N2O2/c1-12(2)11-22-16-9-7-15(8-10-16)18(5,6)20-17(21)13(3)14(4)19/h7-10,12-14H,11,19H2,1-6H3,(H,20,21).